The molecule has 0 heterocycles. The third kappa shape index (κ3) is 2.89. The highest BCUT2D eigenvalue weighted by Crippen LogP contribution is 2.48. The molecule has 0 atom stereocenters. The first-order chi connectivity index (χ1) is 10.1. The summed E-state index contributed by atoms with van der Waals surface area (Å²) in [5, 5.41) is 31.0. The molecule has 6 heteroatoms. The summed E-state index contributed by atoms with van der Waals surface area (Å²) < 4.78 is 5.27. The van der Waals surface area contributed by atoms with Crippen molar-refractivity contribution in [1.82, 2.24) is 0 Å². The molecular formula is C15H15NO5. The van der Waals surface area contributed by atoms with E-state index in [-0.39, 0.29) is 23.6 Å². The Labute approximate surface area is 121 Å². The topological polar surface area (TPSA) is 92.8 Å². The van der Waals surface area contributed by atoms with Gasteiger partial charge in [-0.2, -0.15) is 0 Å². The van der Waals surface area contributed by atoms with Crippen LogP contribution in [0.1, 0.15) is 13.3 Å². The molecule has 0 spiro atoms. The predicted molar refractivity (Wildman–Crippen MR) is 77.6 cm³/mol. The maximum atomic E-state index is 11.4. The normalized spacial score (nSPS) is 10.3. The Kier molecular flexibility index (Phi) is 4.27. The fourth-order valence-electron chi connectivity index (χ4n) is 1.98. The first-order valence-corrected chi connectivity index (χ1v) is 6.47. The molecule has 0 saturated carbocycles. The van der Waals surface area contributed by atoms with Gasteiger partial charge in [0.2, 0.25) is 11.5 Å². The first kappa shape index (κ1) is 14.6. The number of phenols is 2. The highest BCUT2D eigenvalue weighted by Gasteiger charge is 2.28. The molecule has 21 heavy (non-hydrogen) atoms. The van der Waals surface area contributed by atoms with Crippen molar-refractivity contribution in [2.45, 2.75) is 13.3 Å². The maximum absolute atomic E-state index is 11.4. The van der Waals surface area contributed by atoms with Gasteiger partial charge in [-0.15, -0.1) is 0 Å². The molecule has 0 unspecified atom stereocenters. The van der Waals surface area contributed by atoms with E-state index in [0.29, 0.717) is 12.0 Å². The van der Waals surface area contributed by atoms with Crippen molar-refractivity contribution < 1.29 is 19.9 Å². The van der Waals surface area contributed by atoms with E-state index in [4.69, 9.17) is 4.74 Å². The molecular weight excluding hydrogens is 274 g/mol. The molecule has 0 amide bonds. The average Bonchev–Trinajstić information content (AvgIpc) is 2.48. The quantitative estimate of drug-likeness (QED) is 0.499. The van der Waals surface area contributed by atoms with Crippen LogP contribution in [0.15, 0.2) is 36.4 Å². The summed E-state index contributed by atoms with van der Waals surface area (Å²) in [5.74, 6) is -1.37. The fourth-order valence-corrected chi connectivity index (χ4v) is 1.98. The van der Waals surface area contributed by atoms with E-state index in [1.54, 1.807) is 30.3 Å². The van der Waals surface area contributed by atoms with E-state index in [1.165, 1.54) is 6.07 Å². The Morgan fingerprint density at radius 2 is 1.90 bits per heavy atom. The van der Waals surface area contributed by atoms with Gasteiger partial charge in [-0.1, -0.05) is 37.3 Å². The van der Waals surface area contributed by atoms with Gasteiger partial charge in [0.1, 0.15) is 0 Å². The molecule has 6 nitrogen and oxygen atoms in total. The number of benzene rings is 2. The van der Waals surface area contributed by atoms with Crippen LogP contribution in [0, 0.1) is 10.1 Å². The van der Waals surface area contributed by atoms with Crippen LogP contribution in [0.3, 0.4) is 0 Å². The molecule has 2 rings (SSSR count). The molecule has 0 aromatic heterocycles. The van der Waals surface area contributed by atoms with Crippen LogP contribution in [-0.2, 0) is 0 Å². The van der Waals surface area contributed by atoms with Gasteiger partial charge in [-0.25, -0.2) is 0 Å². The lowest BCUT2D eigenvalue weighted by molar-refractivity contribution is -0.385. The third-order valence-corrected chi connectivity index (χ3v) is 2.93. The zero-order chi connectivity index (χ0) is 15.4. The van der Waals surface area contributed by atoms with Gasteiger partial charge in [-0.05, 0) is 18.1 Å². The largest absolute Gasteiger partial charge is 0.504 e. The molecule has 0 aliphatic carbocycles. The Hall–Kier alpha value is -2.76. The fraction of sp³-hybridized carbons (Fsp3) is 0.200. The van der Waals surface area contributed by atoms with Crippen LogP contribution in [0.25, 0.3) is 11.1 Å². The molecule has 0 radical (unpaired) electrons. The van der Waals surface area contributed by atoms with Crippen LogP contribution < -0.4 is 4.74 Å². The van der Waals surface area contributed by atoms with Gasteiger partial charge in [0.05, 0.1) is 17.1 Å². The van der Waals surface area contributed by atoms with Crippen LogP contribution in [-0.4, -0.2) is 21.7 Å². The molecule has 2 N–H and O–H groups in total. The van der Waals surface area contributed by atoms with E-state index in [1.807, 2.05) is 6.92 Å². The van der Waals surface area contributed by atoms with Crippen molar-refractivity contribution in [3.63, 3.8) is 0 Å². The predicted octanol–water partition coefficient (Wildman–Crippen LogP) is 3.46. The number of nitrogens with zero attached hydrogens (tertiary/aromatic N) is 1. The second-order valence-corrected chi connectivity index (χ2v) is 4.44. The van der Waals surface area contributed by atoms with Crippen LogP contribution in [0.4, 0.5) is 5.69 Å². The minimum absolute atomic E-state index is 0.196. The lowest BCUT2D eigenvalue weighted by atomic mass is 10.0. The zero-order valence-corrected chi connectivity index (χ0v) is 11.4. The van der Waals surface area contributed by atoms with Gasteiger partial charge in [0, 0.05) is 0 Å². The second kappa shape index (κ2) is 6.13. The summed E-state index contributed by atoms with van der Waals surface area (Å²) >= 11 is 0. The van der Waals surface area contributed by atoms with E-state index in [9.17, 15) is 20.3 Å². The van der Waals surface area contributed by atoms with Gasteiger partial charge >= 0.3 is 5.69 Å². The number of aromatic hydroxyl groups is 2. The Morgan fingerprint density at radius 3 is 2.48 bits per heavy atom. The molecule has 0 aliphatic rings. The van der Waals surface area contributed by atoms with E-state index < -0.39 is 16.4 Å². The minimum atomic E-state index is -0.619. The van der Waals surface area contributed by atoms with Gasteiger partial charge < -0.3 is 14.9 Å². The van der Waals surface area contributed by atoms with E-state index >= 15 is 0 Å². The number of hydrogen-bond donors (Lipinski definition) is 2. The summed E-state index contributed by atoms with van der Waals surface area (Å²) in [4.78, 5) is 10.8. The van der Waals surface area contributed by atoms with Crippen LogP contribution in [0.2, 0.25) is 0 Å². The molecule has 0 bridgehead atoms. The van der Waals surface area contributed by atoms with Crippen molar-refractivity contribution in [3.05, 3.63) is 46.5 Å². The molecule has 0 saturated heterocycles. The summed E-state index contributed by atoms with van der Waals surface area (Å²) in [6.45, 7) is 2.04. The highest BCUT2D eigenvalue weighted by atomic mass is 16.6. The Morgan fingerprint density at radius 1 is 1.24 bits per heavy atom. The average molecular weight is 289 g/mol. The van der Waals surface area contributed by atoms with Crippen LogP contribution >= 0.6 is 0 Å². The lowest BCUT2D eigenvalue weighted by Crippen LogP contribution is -2.01. The molecule has 0 aliphatic heterocycles. The number of nitro groups is 1. The van der Waals surface area contributed by atoms with Crippen molar-refractivity contribution in [2.75, 3.05) is 6.61 Å². The third-order valence-electron chi connectivity index (χ3n) is 2.93. The van der Waals surface area contributed by atoms with Gasteiger partial charge in [0.15, 0.2) is 5.75 Å². The van der Waals surface area contributed by atoms with E-state index in [2.05, 4.69) is 0 Å². The lowest BCUT2D eigenvalue weighted by Gasteiger charge is -2.12. The number of hydrogen-bond acceptors (Lipinski definition) is 5. The summed E-state index contributed by atoms with van der Waals surface area (Å²) in [5.41, 5.74) is 0.396. The van der Waals surface area contributed by atoms with E-state index in [0.717, 1.165) is 0 Å². The van der Waals surface area contributed by atoms with Crippen LogP contribution in [0.5, 0.6) is 17.2 Å². The second-order valence-electron chi connectivity index (χ2n) is 4.44. The van der Waals surface area contributed by atoms with Gasteiger partial charge in [-0.3, -0.25) is 10.1 Å². The molecule has 2 aromatic carbocycles. The van der Waals surface area contributed by atoms with Crippen molar-refractivity contribution in [3.8, 4) is 28.4 Å². The minimum Gasteiger partial charge on any atom is -0.504 e. The van der Waals surface area contributed by atoms with Crippen molar-refractivity contribution in [2.24, 2.45) is 0 Å². The monoisotopic (exact) mass is 289 g/mol. The molecule has 2 aromatic rings. The summed E-state index contributed by atoms with van der Waals surface area (Å²) in [7, 11) is 0. The number of phenolic OH excluding ortho intramolecular Hbond substituents is 2. The SMILES string of the molecule is CCCOc1c(O)c(O)cc(-c2ccccc2)c1[N+](=O)[O-]. The zero-order valence-electron chi connectivity index (χ0n) is 11.4. The van der Waals surface area contributed by atoms with Crippen molar-refractivity contribution in [1.29, 1.82) is 0 Å². The number of rotatable bonds is 5. The number of ether oxygens (including phenoxy) is 1. The summed E-state index contributed by atoms with van der Waals surface area (Å²) in [6, 6.07) is 9.78. The first-order valence-electron chi connectivity index (χ1n) is 6.47. The van der Waals surface area contributed by atoms with Crippen molar-refractivity contribution >= 4 is 5.69 Å². The number of nitro benzene ring substituents is 1. The smallest absolute Gasteiger partial charge is 0.322 e. The maximum Gasteiger partial charge on any atom is 0.322 e. The molecule has 0 fully saturated rings. The molecule has 110 valence electrons. The Balaban J connectivity index is 2.70. The Bertz CT molecular complexity index is 655. The summed E-state index contributed by atoms with van der Waals surface area (Å²) in [6.07, 6.45) is 0.618. The highest BCUT2D eigenvalue weighted by molar-refractivity contribution is 5.82. The van der Waals surface area contributed by atoms with Gasteiger partial charge in [0.25, 0.3) is 0 Å². The standard InChI is InChI=1S/C15H15NO5/c1-2-8-21-15-13(16(19)20)11(9-12(17)14(15)18)10-6-4-3-5-7-10/h3-7,9,17-18H,2,8H2,1H3.